The molecule has 1 aliphatic rings. The van der Waals surface area contributed by atoms with Crippen molar-refractivity contribution in [2.24, 2.45) is 0 Å². The number of aryl methyl sites for hydroxylation is 1. The molecule has 2 aromatic rings. The quantitative estimate of drug-likeness (QED) is 0.853. The summed E-state index contributed by atoms with van der Waals surface area (Å²) in [5.41, 5.74) is 2.07. The monoisotopic (exact) mass is 367 g/mol. The minimum Gasteiger partial charge on any atom is -0.444 e. The van der Waals surface area contributed by atoms with E-state index in [4.69, 9.17) is 4.74 Å². The van der Waals surface area contributed by atoms with Crippen LogP contribution in [0.3, 0.4) is 0 Å². The molecule has 0 saturated carbocycles. The molecule has 0 atom stereocenters. The molecule has 1 aromatic carbocycles. The van der Waals surface area contributed by atoms with E-state index < -0.39 is 11.7 Å². The van der Waals surface area contributed by atoms with E-state index in [0.29, 0.717) is 17.9 Å². The van der Waals surface area contributed by atoms with Crippen LogP contribution in [0.1, 0.15) is 49.5 Å². The van der Waals surface area contributed by atoms with E-state index in [1.807, 2.05) is 23.1 Å². The predicted octanol–water partition coefficient (Wildman–Crippen LogP) is 4.41. The second-order valence-electron chi connectivity index (χ2n) is 7.60. The Hall–Kier alpha value is -2.89. The second kappa shape index (κ2) is 7.78. The van der Waals surface area contributed by atoms with Crippen molar-refractivity contribution < 1.29 is 14.3 Å². The zero-order chi connectivity index (χ0) is 19.4. The van der Waals surface area contributed by atoms with Crippen LogP contribution in [-0.4, -0.2) is 29.1 Å². The molecule has 0 saturated heterocycles. The number of carbonyl (C=O) groups is 2. The lowest BCUT2D eigenvalue weighted by Crippen LogP contribution is -2.32. The zero-order valence-electron chi connectivity index (χ0n) is 16.0. The number of anilines is 2. The molecule has 0 bridgehead atoms. The lowest BCUT2D eigenvalue weighted by molar-refractivity contribution is 0.0635. The number of nitrogens with zero attached hydrogens (tertiary/aromatic N) is 2. The van der Waals surface area contributed by atoms with Crippen LogP contribution in [0.4, 0.5) is 16.3 Å². The van der Waals surface area contributed by atoms with Gasteiger partial charge in [0.05, 0.1) is 5.56 Å². The fourth-order valence-electron chi connectivity index (χ4n) is 3.06. The van der Waals surface area contributed by atoms with Gasteiger partial charge in [-0.1, -0.05) is 18.2 Å². The van der Waals surface area contributed by atoms with Crippen LogP contribution < -0.4 is 10.2 Å². The highest BCUT2D eigenvalue weighted by molar-refractivity contribution is 6.06. The van der Waals surface area contributed by atoms with Crippen LogP contribution in [-0.2, 0) is 11.2 Å². The molecule has 0 spiro atoms. The van der Waals surface area contributed by atoms with Gasteiger partial charge in [-0.25, -0.2) is 9.78 Å². The summed E-state index contributed by atoms with van der Waals surface area (Å²) >= 11 is 0. The Labute approximate surface area is 159 Å². The molecule has 0 radical (unpaired) electrons. The summed E-state index contributed by atoms with van der Waals surface area (Å²) in [4.78, 5) is 30.8. The molecule has 27 heavy (non-hydrogen) atoms. The van der Waals surface area contributed by atoms with Gasteiger partial charge < -0.3 is 9.64 Å². The van der Waals surface area contributed by atoms with Gasteiger partial charge in [0.2, 0.25) is 0 Å². The van der Waals surface area contributed by atoms with Crippen LogP contribution in [0.25, 0.3) is 0 Å². The molecule has 1 aromatic heterocycles. The Bertz CT molecular complexity index is 825. The number of hydrogen-bond acceptors (Lipinski definition) is 4. The molecule has 6 nitrogen and oxygen atoms in total. The number of hydrogen-bond donors (Lipinski definition) is 1. The van der Waals surface area contributed by atoms with Crippen molar-refractivity contribution in [2.75, 3.05) is 16.8 Å². The van der Waals surface area contributed by atoms with Gasteiger partial charge in [-0.05, 0) is 63.8 Å². The summed E-state index contributed by atoms with van der Waals surface area (Å²) in [6.07, 6.45) is 3.93. The summed E-state index contributed by atoms with van der Waals surface area (Å²) in [7, 11) is 0. The number of benzene rings is 1. The molecule has 6 heteroatoms. The number of nitrogens with one attached hydrogen (secondary N) is 1. The summed E-state index contributed by atoms with van der Waals surface area (Å²) in [5, 5.41) is 2.57. The van der Waals surface area contributed by atoms with E-state index in [1.165, 1.54) is 11.8 Å². The van der Waals surface area contributed by atoms with Crippen LogP contribution in [0, 0.1) is 0 Å². The molecule has 2 heterocycles. The maximum Gasteiger partial charge on any atom is 0.413 e. The van der Waals surface area contributed by atoms with Gasteiger partial charge in [0.25, 0.3) is 5.91 Å². The smallest absolute Gasteiger partial charge is 0.413 e. The molecule has 1 N–H and O–H groups in total. The minimum atomic E-state index is -0.583. The standard InChI is InChI=1S/C21H25N3O3/c1-21(2,3)27-20(26)23-18-12-11-16(14-22-18)19(25)24-13-7-6-9-15-8-4-5-10-17(15)24/h4-5,8,10-12,14H,6-7,9,13H2,1-3H3,(H,22,23,26). The van der Waals surface area contributed by atoms with Crippen molar-refractivity contribution in [3.8, 4) is 0 Å². The normalized spacial score (nSPS) is 14.1. The highest BCUT2D eigenvalue weighted by atomic mass is 16.6. The number of ether oxygens (including phenoxy) is 1. The topological polar surface area (TPSA) is 71.5 Å². The lowest BCUT2D eigenvalue weighted by Gasteiger charge is -2.23. The Morgan fingerprint density at radius 1 is 1.11 bits per heavy atom. The fraction of sp³-hybridized carbons (Fsp3) is 0.381. The van der Waals surface area contributed by atoms with E-state index in [-0.39, 0.29) is 5.91 Å². The number of fused-ring (bicyclic) bond motifs is 1. The molecule has 0 unspecified atom stereocenters. The van der Waals surface area contributed by atoms with Crippen molar-refractivity contribution in [1.29, 1.82) is 0 Å². The molecule has 142 valence electrons. The molecule has 0 aliphatic carbocycles. The SMILES string of the molecule is CC(C)(C)OC(=O)Nc1ccc(C(=O)N2CCCCc3ccccc32)cn1. The summed E-state index contributed by atoms with van der Waals surface area (Å²) in [6, 6.07) is 11.3. The first kappa shape index (κ1) is 18.9. The Morgan fingerprint density at radius 2 is 1.89 bits per heavy atom. The summed E-state index contributed by atoms with van der Waals surface area (Å²) < 4.78 is 5.20. The third kappa shape index (κ3) is 4.84. The number of para-hydroxylation sites is 1. The molecular weight excluding hydrogens is 342 g/mol. The number of carbonyl (C=O) groups excluding carboxylic acids is 2. The first-order valence-electron chi connectivity index (χ1n) is 9.19. The number of pyridine rings is 1. The van der Waals surface area contributed by atoms with Gasteiger partial charge in [0.1, 0.15) is 11.4 Å². The zero-order valence-corrected chi connectivity index (χ0v) is 16.0. The van der Waals surface area contributed by atoms with Crippen molar-refractivity contribution in [3.05, 3.63) is 53.7 Å². The fourth-order valence-corrected chi connectivity index (χ4v) is 3.06. The van der Waals surface area contributed by atoms with E-state index >= 15 is 0 Å². The van der Waals surface area contributed by atoms with Crippen molar-refractivity contribution in [2.45, 2.75) is 45.6 Å². The van der Waals surface area contributed by atoms with Crippen molar-refractivity contribution in [3.63, 3.8) is 0 Å². The number of rotatable bonds is 2. The molecule has 0 fully saturated rings. The first-order valence-corrected chi connectivity index (χ1v) is 9.19. The average molecular weight is 367 g/mol. The third-order valence-electron chi connectivity index (χ3n) is 4.24. The molecule has 3 rings (SSSR count). The van der Waals surface area contributed by atoms with Gasteiger partial charge in [0.15, 0.2) is 0 Å². The second-order valence-corrected chi connectivity index (χ2v) is 7.60. The predicted molar refractivity (Wildman–Crippen MR) is 105 cm³/mol. The van der Waals surface area contributed by atoms with Crippen LogP contribution in [0.15, 0.2) is 42.6 Å². The Balaban J connectivity index is 1.74. The number of amides is 2. The van der Waals surface area contributed by atoms with Gasteiger partial charge in [-0.3, -0.25) is 10.1 Å². The van der Waals surface area contributed by atoms with Crippen LogP contribution >= 0.6 is 0 Å². The van der Waals surface area contributed by atoms with Crippen LogP contribution in [0.2, 0.25) is 0 Å². The lowest BCUT2D eigenvalue weighted by atomic mass is 10.1. The van der Waals surface area contributed by atoms with E-state index in [1.54, 1.807) is 32.9 Å². The highest BCUT2D eigenvalue weighted by Crippen LogP contribution is 2.27. The minimum absolute atomic E-state index is 0.0827. The number of aromatic nitrogens is 1. The van der Waals surface area contributed by atoms with Gasteiger partial charge >= 0.3 is 6.09 Å². The van der Waals surface area contributed by atoms with E-state index in [9.17, 15) is 9.59 Å². The van der Waals surface area contributed by atoms with Gasteiger partial charge in [0, 0.05) is 18.4 Å². The largest absolute Gasteiger partial charge is 0.444 e. The van der Waals surface area contributed by atoms with E-state index in [2.05, 4.69) is 16.4 Å². The van der Waals surface area contributed by atoms with Gasteiger partial charge in [-0.15, -0.1) is 0 Å². The Morgan fingerprint density at radius 3 is 2.59 bits per heavy atom. The van der Waals surface area contributed by atoms with E-state index in [0.717, 1.165) is 24.9 Å². The molecule has 1 aliphatic heterocycles. The summed E-state index contributed by atoms with van der Waals surface area (Å²) in [5.74, 6) is 0.262. The summed E-state index contributed by atoms with van der Waals surface area (Å²) in [6.45, 7) is 6.07. The maximum atomic E-state index is 13.0. The maximum absolute atomic E-state index is 13.0. The van der Waals surface area contributed by atoms with Crippen LogP contribution in [0.5, 0.6) is 0 Å². The third-order valence-corrected chi connectivity index (χ3v) is 4.24. The molecule has 2 amide bonds. The van der Waals surface area contributed by atoms with Gasteiger partial charge in [-0.2, -0.15) is 0 Å². The van der Waals surface area contributed by atoms with Crippen molar-refractivity contribution in [1.82, 2.24) is 4.98 Å². The first-order chi connectivity index (χ1) is 12.8. The Kier molecular flexibility index (Phi) is 5.44. The molecular formula is C21H25N3O3. The average Bonchev–Trinajstić information content (AvgIpc) is 2.82. The highest BCUT2D eigenvalue weighted by Gasteiger charge is 2.22. The van der Waals surface area contributed by atoms with Crippen molar-refractivity contribution >= 4 is 23.5 Å².